The van der Waals surface area contributed by atoms with E-state index in [1.54, 1.807) is 6.92 Å². The predicted molar refractivity (Wildman–Crippen MR) is 72.0 cm³/mol. The first-order valence-electron chi connectivity index (χ1n) is 6.80. The predicted octanol–water partition coefficient (Wildman–Crippen LogP) is 2.60. The maximum Gasteiger partial charge on any atom is 0.308 e. The van der Waals surface area contributed by atoms with Crippen molar-refractivity contribution in [3.8, 4) is 0 Å². The molecule has 0 spiro atoms. The lowest BCUT2D eigenvalue weighted by molar-refractivity contribution is -0.143. The van der Waals surface area contributed by atoms with Gasteiger partial charge in [0.05, 0.1) is 11.5 Å². The fourth-order valence-corrected chi connectivity index (χ4v) is 2.57. The molecular weight excluding hydrogens is 280 g/mol. The highest BCUT2D eigenvalue weighted by Crippen LogP contribution is 2.25. The first kappa shape index (κ1) is 15.4. The maximum absolute atomic E-state index is 13.8. The van der Waals surface area contributed by atoms with E-state index in [9.17, 15) is 18.4 Å². The van der Waals surface area contributed by atoms with E-state index in [1.165, 1.54) is 17.9 Å². The van der Waals surface area contributed by atoms with E-state index in [1.807, 2.05) is 0 Å². The highest BCUT2D eigenvalue weighted by atomic mass is 19.1. The van der Waals surface area contributed by atoms with Crippen molar-refractivity contribution >= 4 is 11.9 Å². The second-order valence-electron chi connectivity index (χ2n) is 5.50. The molecule has 2 unspecified atom stereocenters. The zero-order chi connectivity index (χ0) is 15.7. The van der Waals surface area contributed by atoms with Crippen molar-refractivity contribution in [3.05, 3.63) is 34.9 Å². The quantitative estimate of drug-likeness (QED) is 0.913. The normalized spacial score (nSPS) is 22.2. The van der Waals surface area contributed by atoms with Crippen LogP contribution in [0.2, 0.25) is 0 Å². The van der Waals surface area contributed by atoms with Gasteiger partial charge in [0, 0.05) is 18.7 Å². The van der Waals surface area contributed by atoms with Gasteiger partial charge in [-0.2, -0.15) is 0 Å². The van der Waals surface area contributed by atoms with E-state index in [-0.39, 0.29) is 23.7 Å². The molecule has 1 amide bonds. The third-order valence-electron chi connectivity index (χ3n) is 3.97. The molecule has 1 saturated heterocycles. The van der Waals surface area contributed by atoms with Crippen molar-refractivity contribution in [3.63, 3.8) is 0 Å². The molecule has 1 aliphatic heterocycles. The zero-order valence-electron chi connectivity index (χ0n) is 11.9. The number of benzene rings is 1. The molecule has 1 fully saturated rings. The molecule has 0 aromatic heterocycles. The van der Waals surface area contributed by atoms with Gasteiger partial charge >= 0.3 is 5.97 Å². The van der Waals surface area contributed by atoms with Crippen LogP contribution in [-0.2, 0) is 4.79 Å². The van der Waals surface area contributed by atoms with Gasteiger partial charge in [-0.1, -0.05) is 0 Å². The Hall–Kier alpha value is -1.98. The number of hydrogen-bond donors (Lipinski definition) is 1. The second-order valence-corrected chi connectivity index (χ2v) is 5.50. The number of nitrogens with zero attached hydrogens (tertiary/aromatic N) is 1. The third-order valence-corrected chi connectivity index (χ3v) is 3.97. The van der Waals surface area contributed by atoms with Gasteiger partial charge in [-0.05, 0) is 38.3 Å². The molecule has 114 valence electrons. The van der Waals surface area contributed by atoms with Crippen LogP contribution in [0.1, 0.15) is 35.7 Å². The van der Waals surface area contributed by atoms with E-state index in [2.05, 4.69) is 0 Å². The van der Waals surface area contributed by atoms with E-state index in [4.69, 9.17) is 5.11 Å². The van der Waals surface area contributed by atoms with Crippen LogP contribution in [-0.4, -0.2) is 34.5 Å². The maximum atomic E-state index is 13.8. The summed E-state index contributed by atoms with van der Waals surface area (Å²) in [5.41, 5.74) is -0.0361. The van der Waals surface area contributed by atoms with Crippen LogP contribution < -0.4 is 0 Å². The largest absolute Gasteiger partial charge is 0.481 e. The lowest BCUT2D eigenvalue weighted by atomic mass is 9.92. The van der Waals surface area contributed by atoms with E-state index in [0.29, 0.717) is 18.9 Å². The highest BCUT2D eigenvalue weighted by molar-refractivity contribution is 5.95. The fraction of sp³-hybridized carbons (Fsp3) is 0.467. The minimum atomic E-state index is -0.963. The molecule has 0 radical (unpaired) electrons. The van der Waals surface area contributed by atoms with Crippen molar-refractivity contribution in [1.29, 1.82) is 0 Å². The summed E-state index contributed by atoms with van der Waals surface area (Å²) in [5.74, 6) is -3.83. The Balaban J connectivity index is 2.30. The summed E-state index contributed by atoms with van der Waals surface area (Å²) in [6.07, 6.45) is 1.04. The van der Waals surface area contributed by atoms with Crippen LogP contribution in [0.4, 0.5) is 8.78 Å². The number of carbonyl (C=O) groups is 2. The van der Waals surface area contributed by atoms with Crippen LogP contribution in [0.5, 0.6) is 0 Å². The Morgan fingerprint density at radius 3 is 2.52 bits per heavy atom. The highest BCUT2D eigenvalue weighted by Gasteiger charge is 2.34. The topological polar surface area (TPSA) is 57.6 Å². The number of hydrogen-bond acceptors (Lipinski definition) is 2. The Morgan fingerprint density at radius 2 is 1.90 bits per heavy atom. The molecular formula is C15H17F2NO3. The number of carboxylic acid groups (broad SMARTS) is 1. The molecule has 2 rings (SSSR count). The molecule has 1 heterocycles. The minimum absolute atomic E-state index is 0.0468. The summed E-state index contributed by atoms with van der Waals surface area (Å²) < 4.78 is 27.1. The molecule has 21 heavy (non-hydrogen) atoms. The number of aliphatic carboxylic acids is 1. The number of amides is 1. The van der Waals surface area contributed by atoms with Gasteiger partial charge in [-0.25, -0.2) is 8.78 Å². The smallest absolute Gasteiger partial charge is 0.308 e. The molecule has 2 atom stereocenters. The Labute approximate surface area is 121 Å². The minimum Gasteiger partial charge on any atom is -0.481 e. The summed E-state index contributed by atoms with van der Waals surface area (Å²) in [4.78, 5) is 24.9. The molecule has 0 aliphatic carbocycles. The zero-order valence-corrected chi connectivity index (χ0v) is 11.9. The molecule has 0 bridgehead atoms. The average Bonchev–Trinajstić information content (AvgIpc) is 2.42. The Bertz CT molecular complexity index is 589. The van der Waals surface area contributed by atoms with Crippen LogP contribution in [0.25, 0.3) is 0 Å². The van der Waals surface area contributed by atoms with E-state index >= 15 is 0 Å². The molecule has 1 aromatic carbocycles. The van der Waals surface area contributed by atoms with Crippen molar-refractivity contribution in [2.24, 2.45) is 5.92 Å². The molecule has 1 aliphatic rings. The fourth-order valence-electron chi connectivity index (χ4n) is 2.57. The number of aryl methyl sites for hydroxylation is 1. The monoisotopic (exact) mass is 297 g/mol. The number of carboxylic acids is 1. The Kier molecular flexibility index (Phi) is 4.25. The van der Waals surface area contributed by atoms with Crippen molar-refractivity contribution in [1.82, 2.24) is 4.90 Å². The van der Waals surface area contributed by atoms with Crippen LogP contribution >= 0.6 is 0 Å². The Morgan fingerprint density at radius 1 is 1.24 bits per heavy atom. The summed E-state index contributed by atoms with van der Waals surface area (Å²) in [6, 6.07) is 1.69. The van der Waals surface area contributed by atoms with E-state index in [0.717, 1.165) is 0 Å². The van der Waals surface area contributed by atoms with Crippen molar-refractivity contribution < 1.29 is 23.5 Å². The van der Waals surface area contributed by atoms with Gasteiger partial charge < -0.3 is 10.0 Å². The van der Waals surface area contributed by atoms with E-state index < -0.39 is 29.4 Å². The van der Waals surface area contributed by atoms with Crippen molar-refractivity contribution in [2.75, 3.05) is 6.54 Å². The number of carbonyl (C=O) groups excluding carboxylic acids is 1. The lowest BCUT2D eigenvalue weighted by Crippen LogP contribution is -2.47. The number of piperidine rings is 1. The summed E-state index contributed by atoms with van der Waals surface area (Å²) in [6.45, 7) is 3.29. The van der Waals surface area contributed by atoms with Gasteiger partial charge in [0.25, 0.3) is 5.91 Å². The lowest BCUT2D eigenvalue weighted by Gasteiger charge is -2.36. The van der Waals surface area contributed by atoms with Gasteiger partial charge in [0.15, 0.2) is 0 Å². The number of rotatable bonds is 2. The van der Waals surface area contributed by atoms with Gasteiger partial charge in [0.2, 0.25) is 0 Å². The summed E-state index contributed by atoms with van der Waals surface area (Å²) >= 11 is 0. The molecule has 0 saturated carbocycles. The molecule has 1 N–H and O–H groups in total. The summed E-state index contributed by atoms with van der Waals surface area (Å²) in [7, 11) is 0. The second kappa shape index (κ2) is 5.79. The number of halogens is 2. The molecule has 1 aromatic rings. The SMILES string of the molecule is Cc1cc(C(=O)N2CC(C(=O)O)CCC2C)c(F)cc1F. The van der Waals surface area contributed by atoms with Gasteiger partial charge in [-0.3, -0.25) is 9.59 Å². The van der Waals surface area contributed by atoms with Crippen LogP contribution in [0.3, 0.4) is 0 Å². The first-order valence-corrected chi connectivity index (χ1v) is 6.80. The average molecular weight is 297 g/mol. The molecule has 6 heteroatoms. The third kappa shape index (κ3) is 3.04. The number of likely N-dealkylation sites (tertiary alicyclic amines) is 1. The standard InChI is InChI=1S/C15H17F2NO3/c1-8-5-11(13(17)6-12(8)16)14(19)18-7-10(15(20)21)4-3-9(18)2/h5-6,9-10H,3-4,7H2,1-2H3,(H,20,21). The molecule has 4 nitrogen and oxygen atoms in total. The van der Waals surface area contributed by atoms with Crippen molar-refractivity contribution in [2.45, 2.75) is 32.7 Å². The first-order chi connectivity index (χ1) is 9.81. The van der Waals surface area contributed by atoms with Crippen LogP contribution in [0.15, 0.2) is 12.1 Å². The van der Waals surface area contributed by atoms with Crippen LogP contribution in [0, 0.1) is 24.5 Å². The van der Waals surface area contributed by atoms with Gasteiger partial charge in [0.1, 0.15) is 11.6 Å². The van der Waals surface area contributed by atoms with Gasteiger partial charge in [-0.15, -0.1) is 0 Å². The summed E-state index contributed by atoms with van der Waals surface area (Å²) in [5, 5.41) is 9.07.